The van der Waals surface area contributed by atoms with Gasteiger partial charge in [-0.3, -0.25) is 29.8 Å². The van der Waals surface area contributed by atoms with E-state index in [1.165, 1.54) is 0 Å². The highest BCUT2D eigenvalue weighted by molar-refractivity contribution is 6.05. The van der Waals surface area contributed by atoms with E-state index < -0.39 is 39.6 Å². The van der Waals surface area contributed by atoms with Gasteiger partial charge in [-0.25, -0.2) is 0 Å². The van der Waals surface area contributed by atoms with Crippen molar-refractivity contribution in [3.63, 3.8) is 0 Å². The van der Waals surface area contributed by atoms with Gasteiger partial charge in [0.15, 0.2) is 12.4 Å². The molecule has 4 aromatic rings. The summed E-state index contributed by atoms with van der Waals surface area (Å²) < 4.78 is 10.8. The van der Waals surface area contributed by atoms with E-state index in [4.69, 9.17) is 9.15 Å². The van der Waals surface area contributed by atoms with E-state index in [-0.39, 0.29) is 11.5 Å². The second-order valence-corrected chi connectivity index (χ2v) is 7.67. The number of carbonyl (C=O) groups excluding carboxylic acids is 2. The molecule has 0 saturated carbocycles. The second-order valence-electron chi connectivity index (χ2n) is 7.67. The van der Waals surface area contributed by atoms with E-state index in [1.54, 1.807) is 37.3 Å². The summed E-state index contributed by atoms with van der Waals surface area (Å²) in [5.41, 5.74) is 1.12. The standard InChI is InChI=1S/C24H18N4O8/c1-14-8-16(6-7-20(14)26-24(30)22-9-15-4-2-3-5-21(15)36-22)25-23(29)13-35-19-11-17(27(31)32)10-18(12-19)28(33)34/h2-12H,13H2,1H3,(H,25,29)(H,26,30). The second kappa shape index (κ2) is 9.93. The van der Waals surface area contributed by atoms with Gasteiger partial charge in [-0.05, 0) is 42.8 Å². The molecule has 12 nitrogen and oxygen atoms in total. The van der Waals surface area contributed by atoms with Crippen molar-refractivity contribution in [3.8, 4) is 5.75 Å². The van der Waals surface area contributed by atoms with E-state index in [9.17, 15) is 29.8 Å². The number of ether oxygens (including phenoxy) is 1. The third-order valence-corrected chi connectivity index (χ3v) is 5.08. The summed E-state index contributed by atoms with van der Waals surface area (Å²) in [4.78, 5) is 45.2. The van der Waals surface area contributed by atoms with Gasteiger partial charge in [-0.15, -0.1) is 0 Å². The predicted molar refractivity (Wildman–Crippen MR) is 129 cm³/mol. The lowest BCUT2D eigenvalue weighted by Crippen LogP contribution is -2.20. The predicted octanol–water partition coefficient (Wildman–Crippen LogP) is 4.83. The first-order valence-electron chi connectivity index (χ1n) is 10.5. The van der Waals surface area contributed by atoms with Gasteiger partial charge < -0.3 is 19.8 Å². The van der Waals surface area contributed by atoms with E-state index in [0.717, 1.165) is 23.6 Å². The number of anilines is 2. The van der Waals surface area contributed by atoms with Crippen molar-refractivity contribution in [2.24, 2.45) is 0 Å². The summed E-state index contributed by atoms with van der Waals surface area (Å²) in [6.07, 6.45) is 0. The largest absolute Gasteiger partial charge is 0.483 e. The number of nitrogens with zero attached hydrogens (tertiary/aromatic N) is 2. The molecule has 1 aromatic heterocycles. The Morgan fingerprint density at radius 2 is 1.61 bits per heavy atom. The van der Waals surface area contributed by atoms with Crippen LogP contribution in [0.2, 0.25) is 0 Å². The monoisotopic (exact) mass is 490 g/mol. The molecule has 2 N–H and O–H groups in total. The molecule has 12 heteroatoms. The highest BCUT2D eigenvalue weighted by Crippen LogP contribution is 2.27. The van der Waals surface area contributed by atoms with Crippen LogP contribution in [0.25, 0.3) is 11.0 Å². The molecular formula is C24H18N4O8. The van der Waals surface area contributed by atoms with Crippen molar-refractivity contribution in [2.45, 2.75) is 6.92 Å². The fourth-order valence-electron chi connectivity index (χ4n) is 3.37. The molecule has 0 aliphatic carbocycles. The molecule has 1 heterocycles. The Labute approximate surface area is 202 Å². The zero-order valence-electron chi connectivity index (χ0n) is 18.7. The van der Waals surface area contributed by atoms with Gasteiger partial charge >= 0.3 is 0 Å². The van der Waals surface area contributed by atoms with E-state index >= 15 is 0 Å². The lowest BCUT2D eigenvalue weighted by atomic mass is 10.1. The molecule has 0 fully saturated rings. The number of hydrogen-bond acceptors (Lipinski definition) is 8. The van der Waals surface area contributed by atoms with Crippen molar-refractivity contribution < 1.29 is 28.6 Å². The third kappa shape index (κ3) is 5.44. The number of aryl methyl sites for hydroxylation is 1. The highest BCUT2D eigenvalue weighted by Gasteiger charge is 2.18. The molecule has 36 heavy (non-hydrogen) atoms. The molecule has 0 atom stereocenters. The molecule has 0 saturated heterocycles. The van der Waals surface area contributed by atoms with Crippen LogP contribution in [-0.2, 0) is 4.79 Å². The third-order valence-electron chi connectivity index (χ3n) is 5.08. The molecule has 0 spiro atoms. The fraction of sp³-hybridized carbons (Fsp3) is 0.0833. The van der Waals surface area contributed by atoms with Gasteiger partial charge in [0.05, 0.1) is 28.0 Å². The van der Waals surface area contributed by atoms with E-state index in [2.05, 4.69) is 10.6 Å². The number of nitrogens with one attached hydrogen (secondary N) is 2. The summed E-state index contributed by atoms with van der Waals surface area (Å²) in [5, 5.41) is 28.1. The van der Waals surface area contributed by atoms with E-state index in [1.807, 2.05) is 18.2 Å². The van der Waals surface area contributed by atoms with Crippen LogP contribution in [0.15, 0.2) is 71.1 Å². The van der Waals surface area contributed by atoms with Crippen LogP contribution in [0.5, 0.6) is 5.75 Å². The Hall–Kier alpha value is -5.26. The first-order chi connectivity index (χ1) is 17.2. The van der Waals surface area contributed by atoms with Crippen molar-refractivity contribution in [2.75, 3.05) is 17.2 Å². The van der Waals surface area contributed by atoms with Gasteiger partial charge in [-0.1, -0.05) is 18.2 Å². The maximum atomic E-state index is 12.6. The number of non-ortho nitro benzene ring substituents is 2. The Morgan fingerprint density at radius 1 is 0.917 bits per heavy atom. The normalized spacial score (nSPS) is 10.6. The number of nitro benzene ring substituents is 2. The summed E-state index contributed by atoms with van der Waals surface area (Å²) in [6, 6.07) is 16.5. The van der Waals surface area contributed by atoms with E-state index in [0.29, 0.717) is 22.5 Å². The number of nitro groups is 2. The quantitative estimate of drug-likeness (QED) is 0.262. The lowest BCUT2D eigenvalue weighted by Gasteiger charge is -2.11. The Kier molecular flexibility index (Phi) is 6.59. The van der Waals surface area contributed by atoms with Crippen LogP contribution >= 0.6 is 0 Å². The number of carbonyl (C=O) groups is 2. The molecule has 3 aromatic carbocycles. The number of para-hydroxylation sites is 1. The molecule has 0 unspecified atom stereocenters. The number of benzene rings is 3. The average Bonchev–Trinajstić information content (AvgIpc) is 3.29. The smallest absolute Gasteiger partial charge is 0.291 e. The SMILES string of the molecule is Cc1cc(NC(=O)COc2cc([N+](=O)[O-])cc([N+](=O)[O-])c2)ccc1NC(=O)c1cc2ccccc2o1. The molecule has 4 rings (SSSR count). The van der Waals surface area contributed by atoms with Crippen LogP contribution in [0.4, 0.5) is 22.7 Å². The van der Waals surface area contributed by atoms with Gasteiger partial charge in [0.25, 0.3) is 23.2 Å². The van der Waals surface area contributed by atoms with Crippen molar-refractivity contribution in [1.29, 1.82) is 0 Å². The number of fused-ring (bicyclic) bond motifs is 1. The molecule has 0 radical (unpaired) electrons. The topological polar surface area (TPSA) is 167 Å². The summed E-state index contributed by atoms with van der Waals surface area (Å²) >= 11 is 0. The van der Waals surface area contributed by atoms with Crippen LogP contribution in [-0.4, -0.2) is 28.3 Å². The summed E-state index contributed by atoms with van der Waals surface area (Å²) in [6.45, 7) is 1.20. The highest BCUT2D eigenvalue weighted by atomic mass is 16.6. The van der Waals surface area contributed by atoms with Crippen molar-refractivity contribution >= 4 is 45.5 Å². The number of rotatable bonds is 8. The zero-order chi connectivity index (χ0) is 25.8. The Bertz CT molecular complexity index is 1450. The van der Waals surface area contributed by atoms with Crippen LogP contribution in [0, 0.1) is 27.2 Å². The molecule has 0 aliphatic rings. The average molecular weight is 490 g/mol. The lowest BCUT2D eigenvalue weighted by molar-refractivity contribution is -0.394. The first-order valence-corrected chi connectivity index (χ1v) is 10.5. The van der Waals surface area contributed by atoms with Crippen molar-refractivity contribution in [3.05, 3.63) is 98.3 Å². The van der Waals surface area contributed by atoms with Gasteiger partial charge in [0.1, 0.15) is 11.3 Å². The molecule has 182 valence electrons. The number of amides is 2. The molecule has 0 aliphatic heterocycles. The van der Waals surface area contributed by atoms with Crippen LogP contribution in [0.1, 0.15) is 16.1 Å². The molecular weight excluding hydrogens is 472 g/mol. The Morgan fingerprint density at radius 3 is 2.25 bits per heavy atom. The molecule has 2 amide bonds. The number of hydrogen-bond donors (Lipinski definition) is 2. The minimum absolute atomic E-state index is 0.159. The van der Waals surface area contributed by atoms with Gasteiger partial charge in [0, 0.05) is 16.8 Å². The number of furan rings is 1. The maximum absolute atomic E-state index is 12.6. The minimum Gasteiger partial charge on any atom is -0.483 e. The van der Waals surface area contributed by atoms with Gasteiger partial charge in [-0.2, -0.15) is 0 Å². The van der Waals surface area contributed by atoms with Crippen molar-refractivity contribution in [1.82, 2.24) is 0 Å². The summed E-state index contributed by atoms with van der Waals surface area (Å²) in [5.74, 6) is -1.05. The van der Waals surface area contributed by atoms with Crippen LogP contribution < -0.4 is 15.4 Å². The first kappa shape index (κ1) is 23.9. The molecule has 0 bridgehead atoms. The van der Waals surface area contributed by atoms with Gasteiger partial charge in [0.2, 0.25) is 0 Å². The minimum atomic E-state index is -0.794. The maximum Gasteiger partial charge on any atom is 0.291 e. The fourth-order valence-corrected chi connectivity index (χ4v) is 3.37. The Balaban J connectivity index is 1.38. The summed E-state index contributed by atoms with van der Waals surface area (Å²) in [7, 11) is 0. The van der Waals surface area contributed by atoms with Crippen LogP contribution in [0.3, 0.4) is 0 Å². The zero-order valence-corrected chi connectivity index (χ0v) is 18.7.